The molecule has 0 unspecified atom stereocenters. The van der Waals surface area contributed by atoms with E-state index in [-0.39, 0.29) is 15.1 Å². The lowest BCUT2D eigenvalue weighted by molar-refractivity contribution is -0.160. The van der Waals surface area contributed by atoms with E-state index in [0.717, 1.165) is 0 Å². The molecule has 0 heterocycles. The number of allylic oxidation sites excluding steroid dienone is 3. The van der Waals surface area contributed by atoms with Gasteiger partial charge in [-0.1, -0.05) is 46.4 Å². The fourth-order valence-electron chi connectivity index (χ4n) is 1.22. The summed E-state index contributed by atoms with van der Waals surface area (Å²) in [7, 11) is 0. The van der Waals surface area contributed by atoms with Crippen LogP contribution in [0.25, 0.3) is 0 Å². The van der Waals surface area contributed by atoms with Crippen molar-refractivity contribution in [1.82, 2.24) is 0 Å². The number of hydrogen-bond acceptors (Lipinski definition) is 2. The molecule has 1 rings (SSSR count). The standard InChI is InChI=1S/C8H4Cl4O4/c9-2-1-8(6(13)14,7(15)16)5(12)4(11)3(2)10/h1H2,(H,13,14)(H,15,16). The first-order valence-corrected chi connectivity index (χ1v) is 5.33. The molecule has 4 nitrogen and oxygen atoms in total. The fourth-order valence-corrected chi connectivity index (χ4v) is 2.37. The van der Waals surface area contributed by atoms with E-state index in [0.29, 0.717) is 0 Å². The van der Waals surface area contributed by atoms with Crippen molar-refractivity contribution < 1.29 is 19.8 Å². The lowest BCUT2D eigenvalue weighted by Crippen LogP contribution is -2.41. The van der Waals surface area contributed by atoms with Crippen LogP contribution in [0.1, 0.15) is 6.42 Å². The molecule has 0 radical (unpaired) electrons. The van der Waals surface area contributed by atoms with Crippen molar-refractivity contribution in [1.29, 1.82) is 0 Å². The van der Waals surface area contributed by atoms with Gasteiger partial charge in [-0.05, 0) is 0 Å². The van der Waals surface area contributed by atoms with Gasteiger partial charge in [0, 0.05) is 11.5 Å². The highest BCUT2D eigenvalue weighted by atomic mass is 35.5. The van der Waals surface area contributed by atoms with Crippen LogP contribution >= 0.6 is 46.4 Å². The van der Waals surface area contributed by atoms with Gasteiger partial charge in [-0.2, -0.15) is 0 Å². The van der Waals surface area contributed by atoms with Gasteiger partial charge in [0.15, 0.2) is 0 Å². The molecular weight excluding hydrogens is 302 g/mol. The van der Waals surface area contributed by atoms with Gasteiger partial charge in [-0.3, -0.25) is 9.59 Å². The number of rotatable bonds is 2. The molecule has 16 heavy (non-hydrogen) atoms. The number of carboxylic acid groups (broad SMARTS) is 2. The average Bonchev–Trinajstić information content (AvgIpc) is 2.19. The van der Waals surface area contributed by atoms with E-state index in [1.165, 1.54) is 0 Å². The van der Waals surface area contributed by atoms with Gasteiger partial charge in [-0.25, -0.2) is 0 Å². The summed E-state index contributed by atoms with van der Waals surface area (Å²) in [6.07, 6.45) is -0.535. The quantitative estimate of drug-likeness (QED) is 0.769. The molecule has 0 saturated heterocycles. The number of carboxylic acids is 2. The zero-order valence-corrected chi connectivity index (χ0v) is 10.5. The van der Waals surface area contributed by atoms with E-state index in [2.05, 4.69) is 0 Å². The Hall–Kier alpha value is -0.420. The summed E-state index contributed by atoms with van der Waals surface area (Å²) in [5.41, 5.74) is -2.37. The van der Waals surface area contributed by atoms with E-state index in [1.807, 2.05) is 0 Å². The second kappa shape index (κ2) is 4.45. The summed E-state index contributed by atoms with van der Waals surface area (Å²) >= 11 is 22.6. The molecule has 0 aliphatic heterocycles. The van der Waals surface area contributed by atoms with Gasteiger partial charge >= 0.3 is 11.9 Å². The highest BCUT2D eigenvalue weighted by molar-refractivity contribution is 6.52. The van der Waals surface area contributed by atoms with Crippen molar-refractivity contribution in [3.63, 3.8) is 0 Å². The highest BCUT2D eigenvalue weighted by Crippen LogP contribution is 2.49. The van der Waals surface area contributed by atoms with Gasteiger partial charge in [0.25, 0.3) is 0 Å². The molecule has 2 N–H and O–H groups in total. The molecule has 0 fully saturated rings. The zero-order chi connectivity index (χ0) is 12.7. The summed E-state index contributed by atoms with van der Waals surface area (Å²) in [6, 6.07) is 0. The Morgan fingerprint density at radius 2 is 1.44 bits per heavy atom. The largest absolute Gasteiger partial charge is 0.480 e. The van der Waals surface area contributed by atoms with Gasteiger partial charge in [0.1, 0.15) is 0 Å². The van der Waals surface area contributed by atoms with E-state index >= 15 is 0 Å². The van der Waals surface area contributed by atoms with Crippen molar-refractivity contribution in [3.8, 4) is 0 Å². The first-order valence-electron chi connectivity index (χ1n) is 3.82. The predicted octanol–water partition coefficient (Wildman–Crippen LogP) is 2.92. The van der Waals surface area contributed by atoms with Crippen molar-refractivity contribution >= 4 is 58.3 Å². The van der Waals surface area contributed by atoms with Crippen LogP contribution in [0, 0.1) is 5.41 Å². The van der Waals surface area contributed by atoms with Gasteiger partial charge in [0.05, 0.1) is 15.1 Å². The summed E-state index contributed by atoms with van der Waals surface area (Å²) in [6.45, 7) is 0. The topological polar surface area (TPSA) is 74.6 Å². The van der Waals surface area contributed by atoms with E-state index in [1.54, 1.807) is 0 Å². The summed E-state index contributed by atoms with van der Waals surface area (Å²) < 4.78 is 0. The molecule has 0 aromatic carbocycles. The number of carbonyl (C=O) groups is 2. The molecular formula is C8H4Cl4O4. The zero-order valence-electron chi connectivity index (χ0n) is 7.43. The molecule has 0 amide bonds. The number of halogens is 4. The Kier molecular flexibility index (Phi) is 3.80. The van der Waals surface area contributed by atoms with Crippen LogP contribution in [0.4, 0.5) is 0 Å². The van der Waals surface area contributed by atoms with Crippen LogP contribution < -0.4 is 0 Å². The Morgan fingerprint density at radius 3 is 1.81 bits per heavy atom. The van der Waals surface area contributed by atoms with Crippen LogP contribution in [0.3, 0.4) is 0 Å². The maximum atomic E-state index is 11.0. The fraction of sp³-hybridized carbons (Fsp3) is 0.250. The molecule has 0 aromatic rings. The third-order valence-corrected chi connectivity index (χ3v) is 4.07. The third-order valence-electron chi connectivity index (χ3n) is 2.15. The molecule has 1 aliphatic carbocycles. The Morgan fingerprint density at radius 1 is 1.00 bits per heavy atom. The van der Waals surface area contributed by atoms with Crippen LogP contribution in [0.5, 0.6) is 0 Å². The van der Waals surface area contributed by atoms with Crippen LogP contribution in [0.2, 0.25) is 0 Å². The van der Waals surface area contributed by atoms with E-state index < -0.39 is 28.8 Å². The smallest absolute Gasteiger partial charge is 0.327 e. The molecule has 8 heteroatoms. The van der Waals surface area contributed by atoms with Crippen molar-refractivity contribution in [2.45, 2.75) is 6.42 Å². The number of aliphatic carboxylic acids is 2. The second-order valence-corrected chi connectivity index (χ2v) is 4.63. The second-order valence-electron chi connectivity index (χ2n) is 3.04. The Balaban J connectivity index is 3.50. The van der Waals surface area contributed by atoms with Crippen LogP contribution in [-0.4, -0.2) is 22.2 Å². The first-order chi connectivity index (χ1) is 7.25. The maximum Gasteiger partial charge on any atom is 0.327 e. The van der Waals surface area contributed by atoms with Crippen molar-refractivity contribution in [2.24, 2.45) is 5.41 Å². The molecule has 88 valence electrons. The Labute approximate surface area is 110 Å². The minimum atomic E-state index is -2.37. The van der Waals surface area contributed by atoms with Crippen molar-refractivity contribution in [3.05, 3.63) is 20.1 Å². The lowest BCUT2D eigenvalue weighted by atomic mass is 9.81. The van der Waals surface area contributed by atoms with Crippen molar-refractivity contribution in [2.75, 3.05) is 0 Å². The van der Waals surface area contributed by atoms with E-state index in [4.69, 9.17) is 56.6 Å². The number of hydrogen-bond donors (Lipinski definition) is 2. The minimum absolute atomic E-state index is 0.133. The summed E-state index contributed by atoms with van der Waals surface area (Å²) in [4.78, 5) is 22.1. The molecule has 0 saturated carbocycles. The Bertz CT molecular complexity index is 423. The summed E-state index contributed by atoms with van der Waals surface area (Å²) in [5, 5.41) is 16.7. The molecule has 0 aromatic heterocycles. The normalized spacial score (nSPS) is 20.0. The van der Waals surface area contributed by atoms with Gasteiger partial charge < -0.3 is 10.2 Å². The maximum absolute atomic E-state index is 11.0. The van der Waals surface area contributed by atoms with Crippen LogP contribution in [0.15, 0.2) is 20.1 Å². The molecule has 0 spiro atoms. The molecule has 0 atom stereocenters. The highest BCUT2D eigenvalue weighted by Gasteiger charge is 2.53. The monoisotopic (exact) mass is 304 g/mol. The lowest BCUT2D eigenvalue weighted by Gasteiger charge is -2.28. The molecule has 1 aliphatic rings. The van der Waals surface area contributed by atoms with Gasteiger partial charge in [0.2, 0.25) is 5.41 Å². The first kappa shape index (κ1) is 13.6. The van der Waals surface area contributed by atoms with Crippen LogP contribution in [-0.2, 0) is 9.59 Å². The van der Waals surface area contributed by atoms with Gasteiger partial charge in [-0.15, -0.1) is 0 Å². The SMILES string of the molecule is O=C(O)C1(C(=O)O)CC(Cl)=C(Cl)C(Cl)=C1Cl. The predicted molar refractivity (Wildman–Crippen MR) is 59.8 cm³/mol. The third kappa shape index (κ3) is 1.80. The minimum Gasteiger partial charge on any atom is -0.480 e. The van der Waals surface area contributed by atoms with E-state index in [9.17, 15) is 9.59 Å². The molecule has 0 bridgehead atoms. The summed E-state index contributed by atoms with van der Waals surface area (Å²) in [5.74, 6) is -3.30. The average molecular weight is 306 g/mol.